The van der Waals surface area contributed by atoms with E-state index < -0.39 is 0 Å². The summed E-state index contributed by atoms with van der Waals surface area (Å²) in [5, 5.41) is 9.29. The minimum atomic E-state index is 0.123. The largest absolute Gasteiger partial charge is 0.396 e. The molecule has 1 rings (SSSR count). The van der Waals surface area contributed by atoms with Crippen molar-refractivity contribution in [2.75, 3.05) is 6.61 Å². The maximum Gasteiger partial charge on any atom is 0.0447 e. The van der Waals surface area contributed by atoms with Crippen LogP contribution in [0.15, 0.2) is 24.3 Å². The molecule has 68 valence electrons. The van der Waals surface area contributed by atoms with E-state index in [0.717, 1.165) is 6.42 Å². The lowest BCUT2D eigenvalue weighted by Gasteiger charge is -2.21. The van der Waals surface area contributed by atoms with Crippen LogP contribution < -0.4 is 0 Å². The van der Waals surface area contributed by atoms with Gasteiger partial charge in [-0.3, -0.25) is 0 Å². The van der Waals surface area contributed by atoms with Crippen molar-refractivity contribution in [2.24, 2.45) is 0 Å². The summed E-state index contributed by atoms with van der Waals surface area (Å²) in [6.45, 7) is 8.40. The molecule has 0 fully saturated rings. The molecule has 0 aromatic carbocycles. The zero-order chi connectivity index (χ0) is 9.19. The van der Waals surface area contributed by atoms with E-state index in [4.69, 9.17) is 5.11 Å². The smallest absolute Gasteiger partial charge is 0.0447 e. The van der Waals surface area contributed by atoms with Crippen LogP contribution in [0.2, 0.25) is 0 Å². The molecule has 0 saturated carbocycles. The Kier molecular flexibility index (Phi) is 3.02. The molecular weight excluding hydrogens is 168 g/mol. The van der Waals surface area contributed by atoms with Crippen molar-refractivity contribution in [1.82, 2.24) is 0 Å². The van der Waals surface area contributed by atoms with Crippen LogP contribution in [-0.4, -0.2) is 21.7 Å². The SMILES string of the molecule is C=C(C)C1C=CC(C)(CCO)S1. The number of aliphatic hydroxyl groups is 1. The Morgan fingerprint density at radius 3 is 2.83 bits per heavy atom. The highest BCUT2D eigenvalue weighted by atomic mass is 32.2. The van der Waals surface area contributed by atoms with E-state index in [-0.39, 0.29) is 11.4 Å². The van der Waals surface area contributed by atoms with E-state index in [1.165, 1.54) is 5.57 Å². The highest BCUT2D eigenvalue weighted by Gasteiger charge is 2.30. The second kappa shape index (κ2) is 3.67. The first-order chi connectivity index (χ1) is 5.57. The van der Waals surface area contributed by atoms with Gasteiger partial charge in [-0.05, 0) is 20.3 Å². The zero-order valence-electron chi connectivity index (χ0n) is 7.71. The summed E-state index contributed by atoms with van der Waals surface area (Å²) < 4.78 is 0.123. The third-order valence-electron chi connectivity index (χ3n) is 2.11. The topological polar surface area (TPSA) is 20.2 Å². The van der Waals surface area contributed by atoms with Crippen LogP contribution in [0.1, 0.15) is 20.3 Å². The fourth-order valence-corrected chi connectivity index (χ4v) is 2.59. The molecule has 1 heterocycles. The molecule has 2 unspecified atom stereocenters. The van der Waals surface area contributed by atoms with E-state index in [2.05, 4.69) is 25.7 Å². The van der Waals surface area contributed by atoms with Crippen molar-refractivity contribution in [3.63, 3.8) is 0 Å². The van der Waals surface area contributed by atoms with Crippen LogP contribution in [0.3, 0.4) is 0 Å². The van der Waals surface area contributed by atoms with Crippen LogP contribution in [0.25, 0.3) is 0 Å². The van der Waals surface area contributed by atoms with E-state index in [9.17, 15) is 0 Å². The van der Waals surface area contributed by atoms with Crippen molar-refractivity contribution in [2.45, 2.75) is 30.3 Å². The number of thioether (sulfide) groups is 1. The van der Waals surface area contributed by atoms with E-state index in [0.29, 0.717) is 5.25 Å². The lowest BCUT2D eigenvalue weighted by Crippen LogP contribution is -2.17. The molecule has 2 heteroatoms. The molecule has 0 aromatic rings. The molecule has 12 heavy (non-hydrogen) atoms. The Hall–Kier alpha value is -0.210. The number of aliphatic hydroxyl groups excluding tert-OH is 1. The summed E-state index contributed by atoms with van der Waals surface area (Å²) in [5.41, 5.74) is 1.19. The molecule has 0 radical (unpaired) electrons. The molecule has 0 saturated heterocycles. The fraction of sp³-hybridized carbons (Fsp3) is 0.600. The highest BCUT2D eigenvalue weighted by Crippen LogP contribution is 2.41. The van der Waals surface area contributed by atoms with Crippen molar-refractivity contribution >= 4 is 11.8 Å². The van der Waals surface area contributed by atoms with Crippen LogP contribution in [0, 0.1) is 0 Å². The number of hydrogen-bond acceptors (Lipinski definition) is 2. The summed E-state index contributed by atoms with van der Waals surface area (Å²) in [6, 6.07) is 0. The van der Waals surface area contributed by atoms with Gasteiger partial charge in [0.25, 0.3) is 0 Å². The molecule has 0 aromatic heterocycles. The van der Waals surface area contributed by atoms with Crippen LogP contribution in [-0.2, 0) is 0 Å². The van der Waals surface area contributed by atoms with Gasteiger partial charge in [-0.1, -0.05) is 24.3 Å². The first kappa shape index (κ1) is 9.87. The Morgan fingerprint density at radius 1 is 1.75 bits per heavy atom. The Morgan fingerprint density at radius 2 is 2.42 bits per heavy atom. The molecule has 2 atom stereocenters. The second-order valence-corrected chi connectivity index (χ2v) is 5.21. The number of rotatable bonds is 3. The standard InChI is InChI=1S/C10H16OS/c1-8(2)9-4-5-10(3,12-9)6-7-11/h4-5,9,11H,1,6-7H2,2-3H3. The summed E-state index contributed by atoms with van der Waals surface area (Å²) >= 11 is 1.87. The van der Waals surface area contributed by atoms with Crippen LogP contribution in [0.5, 0.6) is 0 Å². The quantitative estimate of drug-likeness (QED) is 0.680. The van der Waals surface area contributed by atoms with Crippen LogP contribution in [0.4, 0.5) is 0 Å². The third-order valence-corrected chi connectivity index (χ3v) is 3.81. The van der Waals surface area contributed by atoms with Crippen molar-refractivity contribution in [1.29, 1.82) is 0 Å². The van der Waals surface area contributed by atoms with Gasteiger partial charge in [-0.25, -0.2) is 0 Å². The third kappa shape index (κ3) is 2.14. The fourth-order valence-electron chi connectivity index (χ4n) is 1.29. The predicted octanol–water partition coefficient (Wildman–Crippen LogP) is 2.38. The monoisotopic (exact) mass is 184 g/mol. The summed E-state index contributed by atoms with van der Waals surface area (Å²) in [6.07, 6.45) is 5.20. The van der Waals surface area contributed by atoms with Gasteiger partial charge in [-0.15, -0.1) is 11.8 Å². The molecular formula is C10H16OS. The maximum atomic E-state index is 8.85. The van der Waals surface area contributed by atoms with Gasteiger partial charge in [-0.2, -0.15) is 0 Å². The minimum absolute atomic E-state index is 0.123. The molecule has 0 bridgehead atoms. The van der Waals surface area contributed by atoms with Crippen LogP contribution >= 0.6 is 11.8 Å². The van der Waals surface area contributed by atoms with Gasteiger partial charge in [0.2, 0.25) is 0 Å². The highest BCUT2D eigenvalue weighted by molar-refractivity contribution is 8.02. The first-order valence-electron chi connectivity index (χ1n) is 4.21. The Labute approximate surface area is 78.6 Å². The Balaban J connectivity index is 2.56. The molecule has 1 N–H and O–H groups in total. The molecule has 1 nitrogen and oxygen atoms in total. The lowest BCUT2D eigenvalue weighted by molar-refractivity contribution is 0.280. The molecule has 0 aliphatic carbocycles. The lowest BCUT2D eigenvalue weighted by atomic mass is 10.1. The molecule has 1 aliphatic rings. The van der Waals surface area contributed by atoms with Gasteiger partial charge in [0.1, 0.15) is 0 Å². The summed E-state index contributed by atoms with van der Waals surface area (Å²) in [4.78, 5) is 0. The van der Waals surface area contributed by atoms with Gasteiger partial charge in [0.05, 0.1) is 0 Å². The normalized spacial score (nSPS) is 34.1. The van der Waals surface area contributed by atoms with Crippen molar-refractivity contribution in [3.8, 4) is 0 Å². The van der Waals surface area contributed by atoms with Gasteiger partial charge < -0.3 is 5.11 Å². The average Bonchev–Trinajstić information content (AvgIpc) is 2.33. The molecule has 0 amide bonds. The predicted molar refractivity (Wildman–Crippen MR) is 55.4 cm³/mol. The molecule has 0 spiro atoms. The first-order valence-corrected chi connectivity index (χ1v) is 5.09. The van der Waals surface area contributed by atoms with Gasteiger partial charge >= 0.3 is 0 Å². The summed E-state index contributed by atoms with van der Waals surface area (Å²) in [7, 11) is 0. The van der Waals surface area contributed by atoms with Crippen molar-refractivity contribution in [3.05, 3.63) is 24.3 Å². The van der Waals surface area contributed by atoms with Crippen molar-refractivity contribution < 1.29 is 5.11 Å². The van der Waals surface area contributed by atoms with Gasteiger partial charge in [0.15, 0.2) is 0 Å². The van der Waals surface area contributed by atoms with E-state index in [1.54, 1.807) is 0 Å². The van der Waals surface area contributed by atoms with E-state index >= 15 is 0 Å². The second-order valence-electron chi connectivity index (χ2n) is 3.53. The van der Waals surface area contributed by atoms with Gasteiger partial charge in [0, 0.05) is 16.6 Å². The zero-order valence-corrected chi connectivity index (χ0v) is 8.53. The Bertz CT molecular complexity index is 210. The van der Waals surface area contributed by atoms with E-state index in [1.807, 2.05) is 18.7 Å². The molecule has 1 aliphatic heterocycles. The average molecular weight is 184 g/mol. The number of hydrogen-bond donors (Lipinski definition) is 1. The minimum Gasteiger partial charge on any atom is -0.396 e. The maximum absolute atomic E-state index is 8.85. The summed E-state index contributed by atoms with van der Waals surface area (Å²) in [5.74, 6) is 0.